The first-order valence-corrected chi connectivity index (χ1v) is 20.1. The number of fused-ring (bicyclic) bond motifs is 1. The Morgan fingerprint density at radius 1 is 0.321 bits per heavy atom. The molecule has 0 saturated carbocycles. The highest BCUT2D eigenvalue weighted by atomic mass is 15.2. The molecular formula is C54H50N2. The molecule has 2 unspecified atom stereocenters. The maximum atomic E-state index is 2.42. The van der Waals surface area contributed by atoms with Gasteiger partial charge in [0, 0.05) is 33.5 Å². The zero-order valence-electron chi connectivity index (χ0n) is 32.9. The van der Waals surface area contributed by atoms with E-state index in [1.54, 1.807) is 0 Å². The van der Waals surface area contributed by atoms with Crippen molar-refractivity contribution in [2.24, 2.45) is 0 Å². The van der Waals surface area contributed by atoms with Crippen LogP contribution in [0.25, 0.3) is 33.0 Å². The van der Waals surface area contributed by atoms with E-state index < -0.39 is 0 Å². The van der Waals surface area contributed by atoms with Gasteiger partial charge in [-0.15, -0.1) is 0 Å². The molecule has 2 nitrogen and oxygen atoms in total. The summed E-state index contributed by atoms with van der Waals surface area (Å²) >= 11 is 0. The third-order valence-electron chi connectivity index (χ3n) is 11.5. The van der Waals surface area contributed by atoms with Crippen LogP contribution in [0.4, 0.5) is 34.1 Å². The van der Waals surface area contributed by atoms with E-state index >= 15 is 0 Å². The first-order chi connectivity index (χ1) is 27.5. The lowest BCUT2D eigenvalue weighted by atomic mass is 9.97. The first-order valence-electron chi connectivity index (χ1n) is 20.1. The van der Waals surface area contributed by atoms with Gasteiger partial charge in [0.1, 0.15) is 0 Å². The molecule has 8 rings (SSSR count). The highest BCUT2D eigenvalue weighted by molar-refractivity contribution is 6.07. The largest absolute Gasteiger partial charge is 0.310 e. The summed E-state index contributed by atoms with van der Waals surface area (Å²) in [7, 11) is 0. The molecule has 276 valence electrons. The number of hydrogen-bond donors (Lipinski definition) is 0. The van der Waals surface area contributed by atoms with Crippen molar-refractivity contribution in [2.45, 2.75) is 52.4 Å². The molecule has 0 amide bonds. The predicted molar refractivity (Wildman–Crippen MR) is 242 cm³/mol. The zero-order valence-corrected chi connectivity index (χ0v) is 32.9. The molecule has 0 fully saturated rings. The average Bonchev–Trinajstić information content (AvgIpc) is 3.28. The zero-order chi connectivity index (χ0) is 38.4. The van der Waals surface area contributed by atoms with Crippen molar-refractivity contribution in [3.05, 3.63) is 205 Å². The van der Waals surface area contributed by atoms with Crippen LogP contribution < -0.4 is 9.80 Å². The molecule has 0 aliphatic heterocycles. The van der Waals surface area contributed by atoms with Crippen LogP contribution in [-0.2, 0) is 0 Å². The summed E-state index contributed by atoms with van der Waals surface area (Å²) in [6.45, 7) is 9.13. The quantitative estimate of drug-likeness (QED) is 0.124. The van der Waals surface area contributed by atoms with Crippen LogP contribution in [0.1, 0.15) is 63.5 Å². The van der Waals surface area contributed by atoms with Crippen LogP contribution in [0, 0.1) is 0 Å². The van der Waals surface area contributed by atoms with Gasteiger partial charge in [-0.1, -0.05) is 161 Å². The number of hydrogen-bond acceptors (Lipinski definition) is 2. The highest BCUT2D eigenvalue weighted by Crippen LogP contribution is 2.46. The molecule has 56 heavy (non-hydrogen) atoms. The van der Waals surface area contributed by atoms with Gasteiger partial charge < -0.3 is 9.80 Å². The predicted octanol–water partition coefficient (Wildman–Crippen LogP) is 16.1. The smallest absolute Gasteiger partial charge is 0.0541 e. The second-order valence-electron chi connectivity index (χ2n) is 14.9. The fourth-order valence-electron chi connectivity index (χ4n) is 7.75. The Morgan fingerprint density at radius 3 is 0.929 bits per heavy atom. The normalized spacial score (nSPS) is 12.3. The Balaban J connectivity index is 1.28. The van der Waals surface area contributed by atoms with E-state index in [4.69, 9.17) is 0 Å². The molecule has 0 radical (unpaired) electrons. The van der Waals surface area contributed by atoms with Crippen LogP contribution in [0.2, 0.25) is 0 Å². The van der Waals surface area contributed by atoms with Crippen LogP contribution in [0.15, 0.2) is 194 Å². The Kier molecular flexibility index (Phi) is 10.8. The molecule has 0 heterocycles. The lowest BCUT2D eigenvalue weighted by molar-refractivity contribution is 0.733. The maximum Gasteiger partial charge on any atom is 0.0541 e. The summed E-state index contributed by atoms with van der Waals surface area (Å²) in [5.74, 6) is 1.02. The molecular weight excluding hydrogens is 677 g/mol. The molecule has 0 saturated heterocycles. The third-order valence-corrected chi connectivity index (χ3v) is 11.5. The van der Waals surface area contributed by atoms with Crippen LogP contribution in [0.5, 0.6) is 0 Å². The number of rotatable bonds is 12. The van der Waals surface area contributed by atoms with Gasteiger partial charge in [0.2, 0.25) is 0 Å². The second-order valence-corrected chi connectivity index (χ2v) is 14.9. The lowest BCUT2D eigenvalue weighted by Gasteiger charge is -2.31. The van der Waals surface area contributed by atoms with Crippen molar-refractivity contribution >= 4 is 44.9 Å². The van der Waals surface area contributed by atoms with Gasteiger partial charge in [-0.2, -0.15) is 0 Å². The lowest BCUT2D eigenvalue weighted by Crippen LogP contribution is -2.13. The Hall–Kier alpha value is -6.38. The molecule has 0 bridgehead atoms. The molecule has 8 aromatic carbocycles. The second kappa shape index (κ2) is 16.6. The number of anilines is 6. The van der Waals surface area contributed by atoms with E-state index in [2.05, 4.69) is 232 Å². The molecule has 2 heteroatoms. The van der Waals surface area contributed by atoms with E-state index in [9.17, 15) is 0 Å². The summed E-state index contributed by atoms with van der Waals surface area (Å²) in [6.07, 6.45) is 2.23. The topological polar surface area (TPSA) is 6.48 Å². The van der Waals surface area contributed by atoms with Crippen LogP contribution in [-0.4, -0.2) is 0 Å². The van der Waals surface area contributed by atoms with Crippen LogP contribution >= 0.6 is 0 Å². The van der Waals surface area contributed by atoms with Crippen molar-refractivity contribution in [1.29, 1.82) is 0 Å². The van der Waals surface area contributed by atoms with E-state index in [0.717, 1.165) is 47.0 Å². The van der Waals surface area contributed by atoms with E-state index in [1.807, 2.05) is 0 Å². The summed E-state index contributed by atoms with van der Waals surface area (Å²) in [4.78, 5) is 4.84. The highest BCUT2D eigenvalue weighted by Gasteiger charge is 2.21. The van der Waals surface area contributed by atoms with Crippen molar-refractivity contribution in [3.63, 3.8) is 0 Å². The average molecular weight is 727 g/mol. The minimum atomic E-state index is 0.509. The van der Waals surface area contributed by atoms with Crippen molar-refractivity contribution < 1.29 is 0 Å². The van der Waals surface area contributed by atoms with Gasteiger partial charge >= 0.3 is 0 Å². The number of benzene rings is 8. The fraction of sp³-hybridized carbons (Fsp3) is 0.148. The standard InChI is InChI=1S/C54H50N2/c1-5-39(3)41-21-29-47(30-22-41)55(49-33-25-45(26-34-49)43-15-9-7-10-16-43)53-37-38-54(52-20-14-13-19-51(52)53)56(48-31-23-42(24-32-48)40(4)6-2)50-35-27-46(28-36-50)44-17-11-8-12-18-44/h7-40H,5-6H2,1-4H3. The summed E-state index contributed by atoms with van der Waals surface area (Å²) < 4.78 is 0. The van der Waals surface area contributed by atoms with Crippen LogP contribution in [0.3, 0.4) is 0 Å². The van der Waals surface area contributed by atoms with E-state index in [-0.39, 0.29) is 0 Å². The summed E-state index contributed by atoms with van der Waals surface area (Å²) in [6, 6.07) is 71.1. The summed E-state index contributed by atoms with van der Waals surface area (Å²) in [5.41, 5.74) is 14.4. The molecule has 0 aliphatic carbocycles. The monoisotopic (exact) mass is 726 g/mol. The van der Waals surface area contributed by atoms with Gasteiger partial charge in [0.15, 0.2) is 0 Å². The Bertz CT molecular complexity index is 2310. The maximum absolute atomic E-state index is 2.42. The first kappa shape index (κ1) is 36.6. The third kappa shape index (κ3) is 7.48. The van der Waals surface area contributed by atoms with Gasteiger partial charge in [-0.25, -0.2) is 0 Å². The molecule has 8 aromatic rings. The van der Waals surface area contributed by atoms with Crippen molar-refractivity contribution in [1.82, 2.24) is 0 Å². The fourth-order valence-corrected chi connectivity index (χ4v) is 7.75. The molecule has 2 atom stereocenters. The minimum absolute atomic E-state index is 0.509. The summed E-state index contributed by atoms with van der Waals surface area (Å²) in [5, 5.41) is 2.37. The number of nitrogens with zero attached hydrogens (tertiary/aromatic N) is 2. The molecule has 0 N–H and O–H groups in total. The van der Waals surface area contributed by atoms with Gasteiger partial charge in [-0.05, 0) is 119 Å². The Morgan fingerprint density at radius 2 is 0.607 bits per heavy atom. The van der Waals surface area contributed by atoms with Crippen molar-refractivity contribution in [2.75, 3.05) is 9.80 Å². The molecule has 0 aromatic heterocycles. The van der Waals surface area contributed by atoms with E-state index in [1.165, 1.54) is 44.2 Å². The SMILES string of the molecule is CCC(C)c1ccc(N(c2ccc(-c3ccccc3)cc2)c2ccc(N(c3ccc(-c4ccccc4)cc3)c3ccc(C(C)CC)cc3)c3ccccc23)cc1. The molecule has 0 aliphatic rings. The van der Waals surface area contributed by atoms with Crippen molar-refractivity contribution in [3.8, 4) is 22.3 Å². The minimum Gasteiger partial charge on any atom is -0.310 e. The van der Waals surface area contributed by atoms with Gasteiger partial charge in [0.05, 0.1) is 11.4 Å². The van der Waals surface area contributed by atoms with E-state index in [0.29, 0.717) is 11.8 Å². The van der Waals surface area contributed by atoms with Gasteiger partial charge in [0.25, 0.3) is 0 Å². The Labute approximate surface area is 333 Å². The molecule has 0 spiro atoms. The van der Waals surface area contributed by atoms with Gasteiger partial charge in [-0.3, -0.25) is 0 Å².